The van der Waals surface area contributed by atoms with Gasteiger partial charge in [-0.15, -0.1) is 0 Å². The molecule has 0 radical (unpaired) electrons. The number of phenols is 1. The van der Waals surface area contributed by atoms with Crippen molar-refractivity contribution in [3.63, 3.8) is 0 Å². The highest BCUT2D eigenvalue weighted by atomic mass is 16.7. The molecule has 0 aromatic heterocycles. The molecule has 2 heterocycles. The molecule has 2 N–H and O–H groups in total. The SMILES string of the molecule is COc1ccc([C@]23C[C@@H](/C=C/c4cc(OC)c(OC)cc4OC)O[C@@]2(O)C(=O)c2c(O)cc(OC)cc2O3)cc1. The van der Waals surface area contributed by atoms with Crippen molar-refractivity contribution in [3.8, 4) is 40.2 Å². The number of hydrogen-bond acceptors (Lipinski definition) is 10. The first kappa shape index (κ1) is 27.2. The molecule has 0 unspecified atom stereocenters. The van der Waals surface area contributed by atoms with Crippen LogP contribution >= 0.6 is 0 Å². The average Bonchev–Trinajstić information content (AvgIpc) is 3.28. The van der Waals surface area contributed by atoms with Crippen LogP contribution in [0.25, 0.3) is 6.08 Å². The van der Waals surface area contributed by atoms with Crippen molar-refractivity contribution in [2.75, 3.05) is 35.5 Å². The summed E-state index contributed by atoms with van der Waals surface area (Å²) in [5.41, 5.74) is -0.712. The van der Waals surface area contributed by atoms with E-state index in [0.717, 1.165) is 0 Å². The zero-order valence-electron chi connectivity index (χ0n) is 22.7. The number of phenolic OH excluding ortho intramolecular Hbond substituents is 1. The Bertz CT molecular complexity index is 1460. The molecule has 3 atom stereocenters. The van der Waals surface area contributed by atoms with Crippen LogP contribution in [0, 0.1) is 0 Å². The van der Waals surface area contributed by atoms with E-state index in [1.54, 1.807) is 48.6 Å². The zero-order chi connectivity index (χ0) is 28.7. The van der Waals surface area contributed by atoms with Gasteiger partial charge in [0.25, 0.3) is 5.79 Å². The molecule has 3 aromatic carbocycles. The quantitative estimate of drug-likeness (QED) is 0.424. The fourth-order valence-electron chi connectivity index (χ4n) is 5.22. The summed E-state index contributed by atoms with van der Waals surface area (Å²) >= 11 is 0. The number of aliphatic hydroxyl groups is 1. The van der Waals surface area contributed by atoms with Crippen LogP contribution in [-0.2, 0) is 10.3 Å². The lowest BCUT2D eigenvalue weighted by atomic mass is 9.77. The Hall–Kier alpha value is -4.41. The normalized spacial score (nSPS) is 23.2. The van der Waals surface area contributed by atoms with Crippen LogP contribution in [0.5, 0.6) is 40.2 Å². The average molecular weight is 551 g/mol. The molecule has 10 heteroatoms. The van der Waals surface area contributed by atoms with Crippen molar-refractivity contribution in [1.82, 2.24) is 0 Å². The number of fused-ring (bicyclic) bond motifs is 2. The number of aromatic hydroxyl groups is 1. The third-order valence-electron chi connectivity index (χ3n) is 7.25. The van der Waals surface area contributed by atoms with Gasteiger partial charge in [-0.05, 0) is 18.2 Å². The maximum absolute atomic E-state index is 13.9. The minimum Gasteiger partial charge on any atom is -0.507 e. The van der Waals surface area contributed by atoms with E-state index in [0.29, 0.717) is 34.1 Å². The Kier molecular flexibility index (Phi) is 6.99. The van der Waals surface area contributed by atoms with Crippen LogP contribution in [0.3, 0.4) is 0 Å². The van der Waals surface area contributed by atoms with Crippen molar-refractivity contribution in [2.45, 2.75) is 23.9 Å². The number of benzene rings is 3. The fraction of sp³-hybridized carbons (Fsp3) is 0.300. The molecule has 210 valence electrons. The Labute approximate surface area is 231 Å². The predicted octanol–water partition coefficient (Wildman–Crippen LogP) is 4.10. The highest BCUT2D eigenvalue weighted by Gasteiger charge is 2.69. The lowest BCUT2D eigenvalue weighted by Gasteiger charge is -2.43. The lowest BCUT2D eigenvalue weighted by molar-refractivity contribution is -0.223. The van der Waals surface area contributed by atoms with Gasteiger partial charge < -0.3 is 43.4 Å². The van der Waals surface area contributed by atoms with E-state index in [-0.39, 0.29) is 23.5 Å². The molecular weight excluding hydrogens is 520 g/mol. The first-order valence-electron chi connectivity index (χ1n) is 12.4. The van der Waals surface area contributed by atoms with E-state index in [4.69, 9.17) is 33.2 Å². The van der Waals surface area contributed by atoms with E-state index in [1.165, 1.54) is 47.7 Å². The molecule has 2 aliphatic rings. The van der Waals surface area contributed by atoms with Gasteiger partial charge in [-0.2, -0.15) is 0 Å². The highest BCUT2D eigenvalue weighted by Crippen LogP contribution is 2.56. The second-order valence-corrected chi connectivity index (χ2v) is 9.32. The Morgan fingerprint density at radius 3 is 2.12 bits per heavy atom. The number of hydrogen-bond donors (Lipinski definition) is 2. The van der Waals surface area contributed by atoms with Gasteiger partial charge in [0.15, 0.2) is 17.1 Å². The topological polar surface area (TPSA) is 122 Å². The second-order valence-electron chi connectivity index (χ2n) is 9.32. The van der Waals surface area contributed by atoms with E-state index < -0.39 is 29.0 Å². The summed E-state index contributed by atoms with van der Waals surface area (Å²) in [5.74, 6) is -1.23. The predicted molar refractivity (Wildman–Crippen MR) is 144 cm³/mol. The van der Waals surface area contributed by atoms with Gasteiger partial charge in [-0.1, -0.05) is 24.3 Å². The minimum atomic E-state index is -2.46. The van der Waals surface area contributed by atoms with Crippen LogP contribution < -0.4 is 28.4 Å². The van der Waals surface area contributed by atoms with Crippen LogP contribution in [-0.4, -0.2) is 63.4 Å². The van der Waals surface area contributed by atoms with Crippen LogP contribution in [0.1, 0.15) is 27.9 Å². The molecule has 5 rings (SSSR count). The largest absolute Gasteiger partial charge is 0.507 e. The summed E-state index contributed by atoms with van der Waals surface area (Å²) in [4.78, 5) is 13.9. The van der Waals surface area contributed by atoms with Crippen molar-refractivity contribution in [2.24, 2.45) is 0 Å². The standard InChI is InChI=1S/C30H30O10/c1-34-19-10-7-18(8-11-19)29-16-20(9-6-17-12-24(37-4)25(38-5)15-23(17)36-3)39-30(29,33)28(32)27-22(31)13-21(35-2)14-26(27)40-29/h6-15,20,31,33H,16H2,1-5H3/b9-6+/t20-,29-,30+/m1/s1. The lowest BCUT2D eigenvalue weighted by Crippen LogP contribution is -2.60. The number of carbonyl (C=O) groups is 1. The summed E-state index contributed by atoms with van der Waals surface area (Å²) in [6, 6.07) is 13.0. The monoisotopic (exact) mass is 550 g/mol. The van der Waals surface area contributed by atoms with Crippen LogP contribution in [0.4, 0.5) is 0 Å². The van der Waals surface area contributed by atoms with Gasteiger partial charge in [-0.25, -0.2) is 0 Å². The molecule has 2 aliphatic heterocycles. The molecule has 1 saturated heterocycles. The Morgan fingerprint density at radius 1 is 0.850 bits per heavy atom. The molecule has 0 saturated carbocycles. The number of ether oxygens (including phenoxy) is 7. The van der Waals surface area contributed by atoms with Crippen LogP contribution in [0.15, 0.2) is 54.6 Å². The van der Waals surface area contributed by atoms with E-state index in [1.807, 2.05) is 0 Å². The summed E-state index contributed by atoms with van der Waals surface area (Å²) in [6.07, 6.45) is 2.72. The van der Waals surface area contributed by atoms with Gasteiger partial charge in [0.2, 0.25) is 5.78 Å². The van der Waals surface area contributed by atoms with Gasteiger partial charge in [0.05, 0.1) is 41.7 Å². The Balaban J connectivity index is 1.60. The molecule has 10 nitrogen and oxygen atoms in total. The molecule has 0 amide bonds. The molecule has 0 spiro atoms. The molecular formula is C30H30O10. The van der Waals surface area contributed by atoms with Gasteiger partial charge >= 0.3 is 0 Å². The third-order valence-corrected chi connectivity index (χ3v) is 7.25. The summed E-state index contributed by atoms with van der Waals surface area (Å²) in [7, 11) is 7.57. The van der Waals surface area contributed by atoms with Crippen molar-refractivity contribution in [3.05, 3.63) is 71.3 Å². The van der Waals surface area contributed by atoms with Gasteiger partial charge in [0.1, 0.15) is 34.3 Å². The number of methoxy groups -OCH3 is 5. The van der Waals surface area contributed by atoms with Gasteiger partial charge in [-0.3, -0.25) is 4.79 Å². The molecule has 0 bridgehead atoms. The first-order valence-corrected chi connectivity index (χ1v) is 12.4. The van der Waals surface area contributed by atoms with E-state index >= 15 is 0 Å². The molecule has 0 aliphatic carbocycles. The highest BCUT2D eigenvalue weighted by molar-refractivity contribution is 6.08. The summed E-state index contributed by atoms with van der Waals surface area (Å²) in [5, 5.41) is 22.6. The maximum atomic E-state index is 13.9. The first-order chi connectivity index (χ1) is 19.2. The van der Waals surface area contributed by atoms with Crippen molar-refractivity contribution >= 4 is 11.9 Å². The Morgan fingerprint density at radius 2 is 1.50 bits per heavy atom. The minimum absolute atomic E-state index is 0.0606. The van der Waals surface area contributed by atoms with Gasteiger partial charge in [0, 0.05) is 35.7 Å². The second kappa shape index (κ2) is 10.3. The van der Waals surface area contributed by atoms with Crippen molar-refractivity contribution < 1.29 is 48.2 Å². The van der Waals surface area contributed by atoms with Crippen LogP contribution in [0.2, 0.25) is 0 Å². The van der Waals surface area contributed by atoms with E-state index in [9.17, 15) is 15.0 Å². The summed E-state index contributed by atoms with van der Waals surface area (Å²) < 4.78 is 39.3. The number of carbonyl (C=O) groups excluding carboxylic acids is 1. The molecule has 1 fully saturated rings. The zero-order valence-corrected chi connectivity index (χ0v) is 22.7. The maximum Gasteiger partial charge on any atom is 0.277 e. The fourth-order valence-corrected chi connectivity index (χ4v) is 5.22. The number of rotatable bonds is 8. The van der Waals surface area contributed by atoms with E-state index in [2.05, 4.69) is 0 Å². The number of ketones is 1. The molecule has 40 heavy (non-hydrogen) atoms. The summed E-state index contributed by atoms with van der Waals surface area (Å²) in [6.45, 7) is 0. The number of Topliss-reactive ketones (excluding diaryl/α,β-unsaturated/α-hetero) is 1. The smallest absolute Gasteiger partial charge is 0.277 e. The third kappa shape index (κ3) is 4.16. The van der Waals surface area contributed by atoms with Crippen molar-refractivity contribution in [1.29, 1.82) is 0 Å². The molecule has 3 aromatic rings.